The van der Waals surface area contributed by atoms with Gasteiger partial charge in [0.1, 0.15) is 5.69 Å². The van der Waals surface area contributed by atoms with Crippen molar-refractivity contribution in [3.05, 3.63) is 94.5 Å². The molecule has 4 rings (SSSR count). The highest BCUT2D eigenvalue weighted by atomic mass is 16.6. The van der Waals surface area contributed by atoms with Crippen molar-refractivity contribution in [3.63, 3.8) is 0 Å². The van der Waals surface area contributed by atoms with Gasteiger partial charge in [-0.05, 0) is 18.2 Å². The summed E-state index contributed by atoms with van der Waals surface area (Å²) in [7, 11) is 0. The van der Waals surface area contributed by atoms with Crippen molar-refractivity contribution in [2.24, 2.45) is 0 Å². The van der Waals surface area contributed by atoms with Crippen LogP contribution in [0.3, 0.4) is 0 Å². The van der Waals surface area contributed by atoms with Gasteiger partial charge < -0.3 is 0 Å². The van der Waals surface area contributed by atoms with Crippen LogP contribution >= 0.6 is 0 Å². The monoisotopic (exact) mass is 368 g/mol. The van der Waals surface area contributed by atoms with Crippen LogP contribution < -0.4 is 0 Å². The largest absolute Gasteiger partial charge is 0.269 e. The summed E-state index contributed by atoms with van der Waals surface area (Å²) < 4.78 is 1.59. The van der Waals surface area contributed by atoms with Gasteiger partial charge in [0.25, 0.3) is 5.69 Å². The summed E-state index contributed by atoms with van der Waals surface area (Å²) in [5, 5.41) is 15.5. The van der Waals surface area contributed by atoms with Crippen molar-refractivity contribution in [2.45, 2.75) is 0 Å². The second-order valence-electron chi connectivity index (χ2n) is 5.82. The third kappa shape index (κ3) is 3.20. The third-order valence-electron chi connectivity index (χ3n) is 4.05. The van der Waals surface area contributed by atoms with Gasteiger partial charge in [0, 0.05) is 23.9 Å². The number of benzene rings is 2. The van der Waals surface area contributed by atoms with Gasteiger partial charge in [0.05, 0.1) is 17.2 Å². The van der Waals surface area contributed by atoms with E-state index in [9.17, 15) is 10.1 Å². The van der Waals surface area contributed by atoms with E-state index in [2.05, 4.69) is 19.9 Å². The first kappa shape index (κ1) is 17.1. The van der Waals surface area contributed by atoms with E-state index < -0.39 is 4.92 Å². The second-order valence-corrected chi connectivity index (χ2v) is 5.82. The van der Waals surface area contributed by atoms with Crippen LogP contribution in [0.4, 0.5) is 11.4 Å². The number of pyridine rings is 1. The van der Waals surface area contributed by atoms with Gasteiger partial charge in [0.15, 0.2) is 11.6 Å². The van der Waals surface area contributed by atoms with E-state index >= 15 is 0 Å². The fourth-order valence-corrected chi connectivity index (χ4v) is 2.67. The van der Waals surface area contributed by atoms with Gasteiger partial charge in [-0.1, -0.05) is 36.4 Å². The average Bonchev–Trinajstić information content (AvgIpc) is 3.20. The Kier molecular flexibility index (Phi) is 4.32. The zero-order chi connectivity index (χ0) is 19.5. The molecule has 0 spiro atoms. The molecule has 2 aromatic carbocycles. The van der Waals surface area contributed by atoms with E-state index in [1.54, 1.807) is 28.9 Å². The standard InChI is InChI=1S/C20H12N6O2/c1-21-15-7-12-18(22-13-15)20-23-19(14-5-3-2-4-6-14)24-25(20)16-8-10-17(11-9-16)26(27)28/h2-13H. The van der Waals surface area contributed by atoms with E-state index in [4.69, 9.17) is 6.57 Å². The van der Waals surface area contributed by atoms with Crippen LogP contribution in [0.2, 0.25) is 0 Å². The lowest BCUT2D eigenvalue weighted by atomic mass is 10.2. The molecule has 134 valence electrons. The molecule has 8 nitrogen and oxygen atoms in total. The summed E-state index contributed by atoms with van der Waals surface area (Å²) in [6.07, 6.45) is 1.47. The second kappa shape index (κ2) is 7.09. The minimum Gasteiger partial charge on any atom is -0.264 e. The normalized spacial score (nSPS) is 10.4. The highest BCUT2D eigenvalue weighted by Gasteiger charge is 2.17. The molecule has 0 bridgehead atoms. The van der Waals surface area contributed by atoms with Crippen molar-refractivity contribution in [2.75, 3.05) is 0 Å². The summed E-state index contributed by atoms with van der Waals surface area (Å²) in [4.78, 5) is 22.7. The van der Waals surface area contributed by atoms with Gasteiger partial charge in [-0.25, -0.2) is 14.5 Å². The molecular formula is C20H12N6O2. The Labute approximate surface area is 159 Å². The van der Waals surface area contributed by atoms with Gasteiger partial charge in [-0.3, -0.25) is 15.1 Å². The molecule has 8 heteroatoms. The molecule has 0 N–H and O–H groups in total. The quantitative estimate of drug-likeness (QED) is 0.301. The Bertz CT molecular complexity index is 1180. The lowest BCUT2D eigenvalue weighted by molar-refractivity contribution is -0.384. The van der Waals surface area contributed by atoms with Crippen LogP contribution in [0.5, 0.6) is 0 Å². The fourth-order valence-electron chi connectivity index (χ4n) is 2.67. The molecule has 0 saturated heterocycles. The Morgan fingerprint density at radius 1 is 1.00 bits per heavy atom. The molecule has 0 atom stereocenters. The number of hydrogen-bond donors (Lipinski definition) is 0. The van der Waals surface area contributed by atoms with Crippen LogP contribution in [0, 0.1) is 16.7 Å². The van der Waals surface area contributed by atoms with E-state index in [1.807, 2.05) is 30.3 Å². The molecule has 0 radical (unpaired) electrons. The van der Waals surface area contributed by atoms with Crippen LogP contribution in [0.1, 0.15) is 0 Å². The van der Waals surface area contributed by atoms with E-state index in [-0.39, 0.29) is 5.69 Å². The molecule has 2 heterocycles. The Hall–Kier alpha value is -4.38. The maximum atomic E-state index is 10.9. The molecule has 0 aliphatic rings. The van der Waals surface area contributed by atoms with Crippen LogP contribution in [-0.2, 0) is 0 Å². The first-order valence-corrected chi connectivity index (χ1v) is 8.27. The summed E-state index contributed by atoms with van der Waals surface area (Å²) >= 11 is 0. The molecule has 0 aliphatic carbocycles. The SMILES string of the molecule is [C-]#[N+]c1ccc(-c2nc(-c3ccccc3)nn2-c2ccc([N+](=O)[O-])cc2)nc1. The maximum Gasteiger partial charge on any atom is 0.269 e. The Morgan fingerprint density at radius 3 is 2.36 bits per heavy atom. The van der Waals surface area contributed by atoms with Crippen molar-refractivity contribution in [1.29, 1.82) is 0 Å². The van der Waals surface area contributed by atoms with Crippen molar-refractivity contribution in [1.82, 2.24) is 19.7 Å². The highest BCUT2D eigenvalue weighted by molar-refractivity contribution is 5.63. The summed E-state index contributed by atoms with van der Waals surface area (Å²) in [6, 6.07) is 18.9. The van der Waals surface area contributed by atoms with Gasteiger partial charge in [0.2, 0.25) is 5.69 Å². The van der Waals surface area contributed by atoms with E-state index in [0.717, 1.165) is 5.56 Å². The zero-order valence-corrected chi connectivity index (χ0v) is 14.4. The number of rotatable bonds is 4. The van der Waals surface area contributed by atoms with Gasteiger partial charge in [-0.2, -0.15) is 0 Å². The van der Waals surface area contributed by atoms with Crippen molar-refractivity contribution < 1.29 is 4.92 Å². The van der Waals surface area contributed by atoms with E-state index in [0.29, 0.717) is 28.7 Å². The molecule has 0 unspecified atom stereocenters. The summed E-state index contributed by atoms with van der Waals surface area (Å²) in [6.45, 7) is 7.06. The van der Waals surface area contributed by atoms with Crippen molar-refractivity contribution >= 4 is 11.4 Å². The number of nitrogens with zero attached hydrogens (tertiary/aromatic N) is 6. The molecule has 0 amide bonds. The lowest BCUT2D eigenvalue weighted by Gasteiger charge is -2.05. The summed E-state index contributed by atoms with van der Waals surface area (Å²) in [5.41, 5.74) is 2.41. The number of nitro benzene ring substituents is 1. The number of nitro groups is 1. The fraction of sp³-hybridized carbons (Fsp3) is 0. The van der Waals surface area contributed by atoms with E-state index in [1.165, 1.54) is 18.3 Å². The number of aromatic nitrogens is 4. The molecule has 0 saturated carbocycles. The molecule has 2 aromatic heterocycles. The third-order valence-corrected chi connectivity index (χ3v) is 4.05. The molecular weight excluding hydrogens is 356 g/mol. The van der Waals surface area contributed by atoms with Gasteiger partial charge >= 0.3 is 0 Å². The Balaban J connectivity index is 1.86. The number of hydrogen-bond acceptors (Lipinski definition) is 5. The highest BCUT2D eigenvalue weighted by Crippen LogP contribution is 2.26. The maximum absolute atomic E-state index is 10.9. The minimum atomic E-state index is -0.452. The zero-order valence-electron chi connectivity index (χ0n) is 14.4. The first-order valence-electron chi connectivity index (χ1n) is 8.27. The molecule has 0 aliphatic heterocycles. The van der Waals surface area contributed by atoms with Crippen LogP contribution in [-0.4, -0.2) is 24.7 Å². The molecule has 28 heavy (non-hydrogen) atoms. The topological polar surface area (TPSA) is 91.1 Å². The lowest BCUT2D eigenvalue weighted by Crippen LogP contribution is -2.01. The first-order chi connectivity index (χ1) is 13.7. The smallest absolute Gasteiger partial charge is 0.264 e. The van der Waals surface area contributed by atoms with Crippen LogP contribution in [0.15, 0.2) is 72.9 Å². The van der Waals surface area contributed by atoms with Gasteiger partial charge in [-0.15, -0.1) is 5.10 Å². The number of non-ortho nitro benzene ring substituents is 1. The predicted octanol–water partition coefficient (Wildman–Crippen LogP) is 4.46. The molecule has 4 aromatic rings. The minimum absolute atomic E-state index is 0.00627. The van der Waals surface area contributed by atoms with Crippen molar-refractivity contribution in [3.8, 4) is 28.6 Å². The predicted molar refractivity (Wildman–Crippen MR) is 103 cm³/mol. The summed E-state index contributed by atoms with van der Waals surface area (Å²) in [5.74, 6) is 0.981. The molecule has 0 fully saturated rings. The van der Waals surface area contributed by atoms with Crippen LogP contribution in [0.25, 0.3) is 33.4 Å². The average molecular weight is 368 g/mol. The Morgan fingerprint density at radius 2 is 1.75 bits per heavy atom.